The van der Waals surface area contributed by atoms with Crippen molar-refractivity contribution in [1.82, 2.24) is 10.6 Å². The van der Waals surface area contributed by atoms with E-state index in [9.17, 15) is 0 Å². The molecule has 0 radical (unpaired) electrons. The summed E-state index contributed by atoms with van der Waals surface area (Å²) >= 11 is 5.20. The molecule has 0 saturated carbocycles. The summed E-state index contributed by atoms with van der Waals surface area (Å²) in [5, 5.41) is 7.00. The van der Waals surface area contributed by atoms with E-state index in [0.717, 1.165) is 6.54 Å². The number of likely N-dealkylation sites (N-methyl/N-ethyl adjacent to an activating group) is 1. The van der Waals surface area contributed by atoms with E-state index in [1.165, 1.54) is 10.5 Å². The summed E-state index contributed by atoms with van der Waals surface area (Å²) in [4.78, 5) is 1.38. The Kier molecular flexibility index (Phi) is 6.39. The van der Waals surface area contributed by atoms with Gasteiger partial charge in [-0.15, -0.1) is 6.58 Å². The third-order valence-corrected chi connectivity index (χ3v) is 3.06. The molecule has 0 heterocycles. The molecular formula is C14H22N3S+. The van der Waals surface area contributed by atoms with Crippen LogP contribution in [0.25, 0.3) is 0 Å². The lowest BCUT2D eigenvalue weighted by Crippen LogP contribution is -3.07. The molecule has 0 amide bonds. The lowest BCUT2D eigenvalue weighted by Gasteiger charge is -2.23. The summed E-state index contributed by atoms with van der Waals surface area (Å²) in [5.41, 5.74) is 1.32. The van der Waals surface area contributed by atoms with Crippen LogP contribution >= 0.6 is 12.2 Å². The molecule has 0 fully saturated rings. The predicted molar refractivity (Wildman–Crippen MR) is 80.8 cm³/mol. The van der Waals surface area contributed by atoms with Crippen molar-refractivity contribution in [3.8, 4) is 0 Å². The molecule has 0 aliphatic heterocycles. The second kappa shape index (κ2) is 7.84. The Bertz CT molecular complexity index is 376. The van der Waals surface area contributed by atoms with Gasteiger partial charge in [0.2, 0.25) is 0 Å². The SMILES string of the molecule is C=CCNC(=S)NC[C@@H](c1ccccc1)[NH+](C)C. The fraction of sp³-hybridized carbons (Fsp3) is 0.357. The highest BCUT2D eigenvalue weighted by Gasteiger charge is 2.17. The molecular weight excluding hydrogens is 242 g/mol. The molecule has 1 rings (SSSR count). The van der Waals surface area contributed by atoms with Gasteiger partial charge in [0.25, 0.3) is 0 Å². The third kappa shape index (κ3) is 4.85. The Labute approximate surface area is 115 Å². The minimum absolute atomic E-state index is 0.384. The molecule has 1 aromatic rings. The standard InChI is InChI=1S/C14H21N3S/c1-4-10-15-14(18)16-11-13(17(2)3)12-8-6-5-7-9-12/h4-9,13H,1,10-11H2,2-3H3,(H2,15,16,18)/p+1/t13-/m0/s1. The van der Waals surface area contributed by atoms with Crippen molar-refractivity contribution in [2.75, 3.05) is 27.2 Å². The monoisotopic (exact) mass is 264 g/mol. The molecule has 0 bridgehead atoms. The summed E-state index contributed by atoms with van der Waals surface area (Å²) < 4.78 is 0. The zero-order valence-electron chi connectivity index (χ0n) is 11.1. The van der Waals surface area contributed by atoms with Gasteiger partial charge < -0.3 is 15.5 Å². The van der Waals surface area contributed by atoms with E-state index >= 15 is 0 Å². The molecule has 0 aromatic heterocycles. The van der Waals surface area contributed by atoms with E-state index in [1.807, 2.05) is 6.07 Å². The third-order valence-electron chi connectivity index (χ3n) is 2.77. The molecule has 18 heavy (non-hydrogen) atoms. The highest BCUT2D eigenvalue weighted by molar-refractivity contribution is 7.80. The summed E-state index contributed by atoms with van der Waals surface area (Å²) in [6.07, 6.45) is 1.79. The first-order chi connectivity index (χ1) is 8.65. The molecule has 0 saturated heterocycles. The van der Waals surface area contributed by atoms with Gasteiger partial charge in [-0.3, -0.25) is 0 Å². The van der Waals surface area contributed by atoms with Crippen LogP contribution in [0.4, 0.5) is 0 Å². The number of hydrogen-bond donors (Lipinski definition) is 3. The molecule has 1 atom stereocenters. The van der Waals surface area contributed by atoms with Crippen LogP contribution in [0.15, 0.2) is 43.0 Å². The van der Waals surface area contributed by atoms with Crippen molar-refractivity contribution >= 4 is 17.3 Å². The van der Waals surface area contributed by atoms with Gasteiger partial charge in [-0.1, -0.05) is 36.4 Å². The van der Waals surface area contributed by atoms with Crippen molar-refractivity contribution in [3.05, 3.63) is 48.6 Å². The first-order valence-corrected chi connectivity index (χ1v) is 6.53. The number of nitrogens with one attached hydrogen (secondary N) is 3. The zero-order valence-corrected chi connectivity index (χ0v) is 11.9. The van der Waals surface area contributed by atoms with Crippen molar-refractivity contribution in [2.24, 2.45) is 0 Å². The minimum atomic E-state index is 0.384. The number of hydrogen-bond acceptors (Lipinski definition) is 1. The Morgan fingerprint density at radius 3 is 2.56 bits per heavy atom. The van der Waals surface area contributed by atoms with E-state index in [1.54, 1.807) is 6.08 Å². The van der Waals surface area contributed by atoms with Gasteiger partial charge >= 0.3 is 0 Å². The smallest absolute Gasteiger partial charge is 0.166 e. The Morgan fingerprint density at radius 1 is 1.33 bits per heavy atom. The lowest BCUT2D eigenvalue weighted by atomic mass is 10.1. The molecule has 98 valence electrons. The normalized spacial score (nSPS) is 11.9. The van der Waals surface area contributed by atoms with Gasteiger partial charge in [-0.25, -0.2) is 0 Å². The molecule has 3 nitrogen and oxygen atoms in total. The molecule has 1 aromatic carbocycles. The minimum Gasteiger partial charge on any atom is -0.359 e. The van der Waals surface area contributed by atoms with Gasteiger partial charge in [0.05, 0.1) is 20.6 Å². The van der Waals surface area contributed by atoms with E-state index in [4.69, 9.17) is 12.2 Å². The number of benzene rings is 1. The summed E-state index contributed by atoms with van der Waals surface area (Å²) in [6.45, 7) is 5.16. The van der Waals surface area contributed by atoms with Crippen molar-refractivity contribution in [1.29, 1.82) is 0 Å². The quantitative estimate of drug-likeness (QED) is 0.517. The molecule has 0 spiro atoms. The summed E-state index contributed by atoms with van der Waals surface area (Å²) in [5.74, 6) is 0. The van der Waals surface area contributed by atoms with Crippen molar-refractivity contribution < 1.29 is 4.90 Å². The van der Waals surface area contributed by atoms with Crippen LogP contribution < -0.4 is 15.5 Å². The predicted octanol–water partition coefficient (Wildman–Crippen LogP) is 0.522. The first kappa shape index (κ1) is 14.7. The molecule has 3 N–H and O–H groups in total. The first-order valence-electron chi connectivity index (χ1n) is 6.12. The molecule has 0 aliphatic carbocycles. The van der Waals surface area contributed by atoms with E-state index < -0.39 is 0 Å². The average Bonchev–Trinajstić information content (AvgIpc) is 2.37. The maximum absolute atomic E-state index is 5.20. The molecule has 4 heteroatoms. The number of rotatable bonds is 6. The van der Waals surface area contributed by atoms with Crippen molar-refractivity contribution in [2.45, 2.75) is 6.04 Å². The molecule has 0 unspecified atom stereocenters. The Hall–Kier alpha value is -1.39. The fourth-order valence-electron chi connectivity index (χ4n) is 1.76. The Balaban J connectivity index is 2.54. The van der Waals surface area contributed by atoms with Gasteiger partial charge in [-0.05, 0) is 12.2 Å². The number of quaternary nitrogens is 1. The zero-order chi connectivity index (χ0) is 13.4. The topological polar surface area (TPSA) is 28.5 Å². The maximum atomic E-state index is 5.20. The van der Waals surface area contributed by atoms with Crippen LogP contribution in [0.1, 0.15) is 11.6 Å². The maximum Gasteiger partial charge on any atom is 0.166 e. The van der Waals surface area contributed by atoms with Gasteiger partial charge in [0.15, 0.2) is 5.11 Å². The highest BCUT2D eigenvalue weighted by Crippen LogP contribution is 2.07. The average molecular weight is 264 g/mol. The van der Waals surface area contributed by atoms with Gasteiger partial charge in [-0.2, -0.15) is 0 Å². The Morgan fingerprint density at radius 2 is 2.00 bits per heavy atom. The van der Waals surface area contributed by atoms with Crippen LogP contribution in [-0.4, -0.2) is 32.3 Å². The van der Waals surface area contributed by atoms with Crippen LogP contribution in [0, 0.1) is 0 Å². The van der Waals surface area contributed by atoms with Crippen LogP contribution in [0.5, 0.6) is 0 Å². The number of thiocarbonyl (C=S) groups is 1. The van der Waals surface area contributed by atoms with E-state index in [0.29, 0.717) is 17.7 Å². The largest absolute Gasteiger partial charge is 0.359 e. The van der Waals surface area contributed by atoms with Crippen molar-refractivity contribution in [3.63, 3.8) is 0 Å². The molecule has 0 aliphatic rings. The summed E-state index contributed by atoms with van der Waals surface area (Å²) in [6, 6.07) is 10.9. The lowest BCUT2D eigenvalue weighted by molar-refractivity contribution is -0.890. The van der Waals surface area contributed by atoms with Crippen LogP contribution in [0.3, 0.4) is 0 Å². The van der Waals surface area contributed by atoms with Crippen LogP contribution in [0.2, 0.25) is 0 Å². The summed E-state index contributed by atoms with van der Waals surface area (Å²) in [7, 11) is 4.30. The van der Waals surface area contributed by atoms with Gasteiger partial charge in [0.1, 0.15) is 6.04 Å². The van der Waals surface area contributed by atoms with Gasteiger partial charge in [0, 0.05) is 12.1 Å². The highest BCUT2D eigenvalue weighted by atomic mass is 32.1. The second-order valence-electron chi connectivity index (χ2n) is 4.42. The van der Waals surface area contributed by atoms with Crippen LogP contribution in [-0.2, 0) is 0 Å². The van der Waals surface area contributed by atoms with E-state index in [2.05, 4.69) is 55.6 Å². The second-order valence-corrected chi connectivity index (χ2v) is 4.83. The fourth-order valence-corrected chi connectivity index (χ4v) is 1.93. The van der Waals surface area contributed by atoms with E-state index in [-0.39, 0.29) is 0 Å².